The summed E-state index contributed by atoms with van der Waals surface area (Å²) in [5.74, 6) is 0.412. The third-order valence-electron chi connectivity index (χ3n) is 7.23. The van der Waals surface area contributed by atoms with Gasteiger partial charge in [-0.25, -0.2) is 9.07 Å². The Kier molecular flexibility index (Phi) is 6.76. The number of hydrogen-bond acceptors (Lipinski definition) is 4. The molecule has 2 aliphatic rings. The van der Waals surface area contributed by atoms with Gasteiger partial charge in [0, 0.05) is 29.7 Å². The third kappa shape index (κ3) is 5.13. The van der Waals surface area contributed by atoms with Crippen LogP contribution in [-0.2, 0) is 0 Å². The molecule has 1 saturated carbocycles. The molecule has 2 heterocycles. The number of aliphatic hydroxyl groups is 1. The summed E-state index contributed by atoms with van der Waals surface area (Å²) in [5.41, 5.74) is 2.69. The zero-order valence-corrected chi connectivity index (χ0v) is 19.4. The van der Waals surface area contributed by atoms with Gasteiger partial charge in [-0.15, -0.1) is 5.10 Å². The summed E-state index contributed by atoms with van der Waals surface area (Å²) in [4.78, 5) is 2.52. The van der Waals surface area contributed by atoms with Gasteiger partial charge < -0.3 is 5.11 Å². The second-order valence-electron chi connectivity index (χ2n) is 9.49. The van der Waals surface area contributed by atoms with Crippen molar-refractivity contribution in [2.24, 2.45) is 5.92 Å². The molecule has 0 radical (unpaired) electrons. The monoisotopic (exact) mass is 468 g/mol. The quantitative estimate of drug-likeness (QED) is 0.524. The van der Waals surface area contributed by atoms with Crippen molar-refractivity contribution in [2.45, 2.75) is 56.7 Å². The summed E-state index contributed by atoms with van der Waals surface area (Å²) in [6.07, 6.45) is 8.44. The number of nitrogens with zero attached hydrogens (tertiary/aromatic N) is 4. The maximum absolute atomic E-state index is 13.3. The van der Waals surface area contributed by atoms with Crippen LogP contribution in [0.25, 0.3) is 11.3 Å². The standard InChI is InChI=1S/C26H30ClFN4O/c27-21-10-6-20(7-11-21)24-14-26(33)25(17-31(24)15-18-4-2-1-3-5-18)32-16-23(29-30-32)19-8-12-22(28)13-9-19/h6-13,16,18,24-26,33H,1-5,14-15,17H2/t24-,25+,26+/m1/s1. The van der Waals surface area contributed by atoms with Crippen LogP contribution in [0.15, 0.2) is 54.7 Å². The molecule has 1 saturated heterocycles. The van der Waals surface area contributed by atoms with E-state index in [1.807, 2.05) is 18.3 Å². The highest BCUT2D eigenvalue weighted by molar-refractivity contribution is 6.30. The van der Waals surface area contributed by atoms with E-state index >= 15 is 0 Å². The molecule has 0 amide bonds. The third-order valence-corrected chi connectivity index (χ3v) is 7.49. The maximum Gasteiger partial charge on any atom is 0.123 e. The van der Waals surface area contributed by atoms with Gasteiger partial charge in [0.15, 0.2) is 0 Å². The first-order valence-corrected chi connectivity index (χ1v) is 12.3. The fourth-order valence-electron chi connectivity index (χ4n) is 5.41. The molecule has 0 bridgehead atoms. The summed E-state index contributed by atoms with van der Waals surface area (Å²) >= 11 is 6.13. The molecule has 33 heavy (non-hydrogen) atoms. The molecule has 174 valence electrons. The lowest BCUT2D eigenvalue weighted by Crippen LogP contribution is -2.47. The van der Waals surface area contributed by atoms with Crippen LogP contribution < -0.4 is 0 Å². The first kappa shape index (κ1) is 22.5. The van der Waals surface area contributed by atoms with E-state index in [2.05, 4.69) is 27.3 Å². The maximum atomic E-state index is 13.3. The number of aromatic nitrogens is 3. The minimum atomic E-state index is -0.545. The van der Waals surface area contributed by atoms with Crippen LogP contribution in [0.1, 0.15) is 56.2 Å². The van der Waals surface area contributed by atoms with Gasteiger partial charge in [-0.05, 0) is 67.1 Å². The van der Waals surface area contributed by atoms with Crippen molar-refractivity contribution in [3.63, 3.8) is 0 Å². The number of halogens is 2. The van der Waals surface area contributed by atoms with Crippen LogP contribution >= 0.6 is 11.6 Å². The molecule has 3 atom stereocenters. The molecule has 3 aromatic rings. The molecular formula is C26H30ClFN4O. The van der Waals surface area contributed by atoms with Crippen molar-refractivity contribution in [3.8, 4) is 11.3 Å². The topological polar surface area (TPSA) is 54.2 Å². The largest absolute Gasteiger partial charge is 0.391 e. The summed E-state index contributed by atoms with van der Waals surface area (Å²) in [7, 11) is 0. The molecular weight excluding hydrogens is 439 g/mol. The highest BCUT2D eigenvalue weighted by Crippen LogP contribution is 2.38. The van der Waals surface area contributed by atoms with Crippen LogP contribution in [0, 0.1) is 11.7 Å². The Morgan fingerprint density at radius 1 is 1.00 bits per heavy atom. The Balaban J connectivity index is 1.39. The van der Waals surface area contributed by atoms with E-state index in [9.17, 15) is 9.50 Å². The highest BCUT2D eigenvalue weighted by atomic mass is 35.5. The molecule has 1 N–H and O–H groups in total. The molecule has 5 rings (SSSR count). The SMILES string of the molecule is O[C@H]1C[C@H](c2ccc(Cl)cc2)N(CC2CCCCC2)C[C@@H]1n1cc(-c2ccc(F)cc2)nn1. The molecule has 5 nitrogen and oxygen atoms in total. The Labute approximate surface area is 199 Å². The molecule has 1 aliphatic heterocycles. The Bertz CT molecular complexity index is 1050. The average molecular weight is 469 g/mol. The van der Waals surface area contributed by atoms with Crippen molar-refractivity contribution in [1.29, 1.82) is 0 Å². The molecule has 1 aromatic heterocycles. The van der Waals surface area contributed by atoms with E-state index in [0.29, 0.717) is 24.6 Å². The Morgan fingerprint density at radius 2 is 1.73 bits per heavy atom. The van der Waals surface area contributed by atoms with Crippen LogP contribution in [0.5, 0.6) is 0 Å². The number of likely N-dealkylation sites (tertiary alicyclic amines) is 1. The lowest BCUT2D eigenvalue weighted by molar-refractivity contribution is -0.0154. The normalized spacial score (nSPS) is 24.8. The fraction of sp³-hybridized carbons (Fsp3) is 0.462. The van der Waals surface area contributed by atoms with Crippen LogP contribution in [0.4, 0.5) is 4.39 Å². The van der Waals surface area contributed by atoms with E-state index in [1.165, 1.54) is 49.8 Å². The Morgan fingerprint density at radius 3 is 2.45 bits per heavy atom. The summed E-state index contributed by atoms with van der Waals surface area (Å²) < 4.78 is 15.1. The number of benzene rings is 2. The van der Waals surface area contributed by atoms with Crippen molar-refractivity contribution < 1.29 is 9.50 Å². The van der Waals surface area contributed by atoms with Gasteiger partial charge in [0.25, 0.3) is 0 Å². The first-order chi connectivity index (χ1) is 16.1. The van der Waals surface area contributed by atoms with Gasteiger partial charge in [0.2, 0.25) is 0 Å². The second kappa shape index (κ2) is 9.92. The minimum absolute atomic E-state index is 0.149. The zero-order valence-electron chi connectivity index (χ0n) is 18.7. The zero-order chi connectivity index (χ0) is 22.8. The summed E-state index contributed by atoms with van der Waals surface area (Å²) in [5, 5.41) is 20.5. The van der Waals surface area contributed by atoms with Gasteiger partial charge in [-0.1, -0.05) is 48.2 Å². The Hall–Kier alpha value is -2.28. The lowest BCUT2D eigenvalue weighted by atomic mass is 9.85. The van der Waals surface area contributed by atoms with Crippen molar-refractivity contribution in [1.82, 2.24) is 19.9 Å². The van der Waals surface area contributed by atoms with Gasteiger partial charge >= 0.3 is 0 Å². The predicted octanol–water partition coefficient (Wildman–Crippen LogP) is 5.67. The fourth-order valence-corrected chi connectivity index (χ4v) is 5.54. The van der Waals surface area contributed by atoms with E-state index in [4.69, 9.17) is 11.6 Å². The van der Waals surface area contributed by atoms with Crippen LogP contribution in [-0.4, -0.2) is 44.2 Å². The van der Waals surface area contributed by atoms with E-state index in [0.717, 1.165) is 17.1 Å². The summed E-state index contributed by atoms with van der Waals surface area (Å²) in [6, 6.07) is 14.2. The van der Waals surface area contributed by atoms with Gasteiger partial charge in [0.05, 0.1) is 18.3 Å². The van der Waals surface area contributed by atoms with E-state index in [1.54, 1.807) is 16.8 Å². The molecule has 1 aliphatic carbocycles. The van der Waals surface area contributed by atoms with E-state index < -0.39 is 6.10 Å². The van der Waals surface area contributed by atoms with Crippen LogP contribution in [0.3, 0.4) is 0 Å². The van der Waals surface area contributed by atoms with Gasteiger partial charge in [-0.3, -0.25) is 4.90 Å². The van der Waals surface area contributed by atoms with E-state index in [-0.39, 0.29) is 17.9 Å². The molecule has 2 aromatic carbocycles. The molecule has 0 unspecified atom stereocenters. The average Bonchev–Trinajstić information content (AvgIpc) is 3.32. The molecule has 7 heteroatoms. The number of hydrogen-bond donors (Lipinski definition) is 1. The van der Waals surface area contributed by atoms with Crippen molar-refractivity contribution in [2.75, 3.05) is 13.1 Å². The van der Waals surface area contributed by atoms with Crippen LogP contribution in [0.2, 0.25) is 5.02 Å². The predicted molar refractivity (Wildman–Crippen MR) is 127 cm³/mol. The number of rotatable bonds is 5. The van der Waals surface area contributed by atoms with Gasteiger partial charge in [0.1, 0.15) is 11.5 Å². The number of aliphatic hydroxyl groups excluding tert-OH is 1. The van der Waals surface area contributed by atoms with Crippen molar-refractivity contribution in [3.05, 3.63) is 71.1 Å². The molecule has 0 spiro atoms. The van der Waals surface area contributed by atoms with Gasteiger partial charge in [-0.2, -0.15) is 0 Å². The molecule has 2 fully saturated rings. The number of piperidine rings is 1. The van der Waals surface area contributed by atoms with Crippen molar-refractivity contribution >= 4 is 11.6 Å². The summed E-state index contributed by atoms with van der Waals surface area (Å²) in [6.45, 7) is 1.73. The first-order valence-electron chi connectivity index (χ1n) is 11.9. The highest BCUT2D eigenvalue weighted by Gasteiger charge is 2.38. The smallest absolute Gasteiger partial charge is 0.123 e. The minimum Gasteiger partial charge on any atom is -0.391 e. The second-order valence-corrected chi connectivity index (χ2v) is 9.92. The lowest BCUT2D eigenvalue weighted by Gasteiger charge is -2.44.